The number of hydrogen-bond donors (Lipinski definition) is 5. The van der Waals surface area contributed by atoms with E-state index in [2.05, 4.69) is 19.5 Å². The quantitative estimate of drug-likeness (QED) is 0.306. The monoisotopic (exact) mass is 365 g/mol. The van der Waals surface area contributed by atoms with Gasteiger partial charge in [-0.15, -0.1) is 0 Å². The second-order valence-corrected chi connectivity index (χ2v) is 6.27. The van der Waals surface area contributed by atoms with Crippen molar-refractivity contribution < 1.29 is 38.2 Å². The van der Waals surface area contributed by atoms with Gasteiger partial charge in [0.15, 0.2) is 23.2 Å². The number of hydrogen-bond acceptors (Lipinski definition) is 9. The van der Waals surface area contributed by atoms with E-state index in [1.165, 1.54) is 0 Å². The average molecular weight is 365 g/mol. The molecule has 1 aliphatic heterocycles. The molecule has 0 unspecified atom stereocenters. The summed E-state index contributed by atoms with van der Waals surface area (Å²) in [6.45, 7) is -0.670. The van der Waals surface area contributed by atoms with E-state index in [-0.39, 0.29) is 17.0 Å². The lowest BCUT2D eigenvalue weighted by atomic mass is 10.1. The van der Waals surface area contributed by atoms with E-state index in [0.29, 0.717) is 0 Å². The number of aliphatic hydroxyl groups is 2. The number of nitrogens with zero attached hydrogens (tertiary/aromatic N) is 4. The molecular weight excluding hydrogens is 352 g/mol. The maximum Gasteiger partial charge on any atom is 0.469 e. The van der Waals surface area contributed by atoms with E-state index in [1.54, 1.807) is 0 Å². The molecule has 132 valence electrons. The maximum atomic E-state index is 13.3. The van der Waals surface area contributed by atoms with Crippen molar-refractivity contribution in [2.24, 2.45) is 0 Å². The molecule has 0 aliphatic carbocycles. The fourth-order valence-corrected chi connectivity index (χ4v) is 2.71. The summed E-state index contributed by atoms with van der Waals surface area (Å²) in [7, 11) is -4.78. The first-order chi connectivity index (χ1) is 11.2. The zero-order chi connectivity index (χ0) is 17.6. The number of phosphoric ester groups is 1. The number of ether oxygens (including phenoxy) is 1. The molecule has 0 amide bonds. The number of anilines is 1. The van der Waals surface area contributed by atoms with Gasteiger partial charge >= 0.3 is 13.9 Å². The Morgan fingerprint density at radius 3 is 2.75 bits per heavy atom. The summed E-state index contributed by atoms with van der Waals surface area (Å²) >= 11 is 0. The van der Waals surface area contributed by atoms with Crippen LogP contribution in [0.2, 0.25) is 0 Å². The van der Waals surface area contributed by atoms with E-state index in [4.69, 9.17) is 20.3 Å². The third-order valence-corrected chi connectivity index (χ3v) is 3.92. The van der Waals surface area contributed by atoms with Crippen LogP contribution >= 0.6 is 7.82 Å². The Kier molecular flexibility index (Phi) is 4.25. The van der Waals surface area contributed by atoms with Gasteiger partial charge in [-0.3, -0.25) is 9.09 Å². The molecule has 3 heterocycles. The molecule has 12 nitrogen and oxygen atoms in total. The number of nitrogen functional groups attached to an aromatic ring is 1. The van der Waals surface area contributed by atoms with Crippen LogP contribution in [0, 0.1) is 6.08 Å². The number of aliphatic hydroxyl groups excluding tert-OH is 2. The van der Waals surface area contributed by atoms with Crippen LogP contribution in [0.4, 0.5) is 10.2 Å². The van der Waals surface area contributed by atoms with Crippen LogP contribution in [0.25, 0.3) is 11.2 Å². The SMILES string of the molecule is Nc1nc(F)nc2c1ncn2[C@H]1O[C@@H](COP(=O)(O)O)[C@@H](O)[C@H]1O. The van der Waals surface area contributed by atoms with E-state index in [9.17, 15) is 19.2 Å². The summed E-state index contributed by atoms with van der Waals surface area (Å²) in [6, 6.07) is 0. The van der Waals surface area contributed by atoms with Gasteiger partial charge < -0.3 is 30.5 Å². The topological polar surface area (TPSA) is 186 Å². The maximum absolute atomic E-state index is 13.3. The zero-order valence-corrected chi connectivity index (χ0v) is 12.7. The molecule has 2 aromatic rings. The Morgan fingerprint density at radius 2 is 2.08 bits per heavy atom. The molecule has 24 heavy (non-hydrogen) atoms. The summed E-state index contributed by atoms with van der Waals surface area (Å²) in [4.78, 5) is 28.1. The summed E-state index contributed by atoms with van der Waals surface area (Å²) in [5, 5.41) is 20.0. The summed E-state index contributed by atoms with van der Waals surface area (Å²) in [5.74, 6) is -0.217. The average Bonchev–Trinajstić information content (AvgIpc) is 3.00. The summed E-state index contributed by atoms with van der Waals surface area (Å²) < 4.78 is 34.8. The van der Waals surface area contributed by atoms with Crippen LogP contribution in [0.5, 0.6) is 0 Å². The lowest BCUT2D eigenvalue weighted by molar-refractivity contribution is -0.0504. The number of fused-ring (bicyclic) bond motifs is 1. The second kappa shape index (κ2) is 5.97. The fraction of sp³-hybridized carbons (Fsp3) is 0.500. The smallest absolute Gasteiger partial charge is 0.387 e. The number of imidazole rings is 1. The molecule has 0 saturated carbocycles. The molecule has 3 rings (SSSR count). The predicted octanol–water partition coefficient (Wildman–Crippen LogP) is -1.72. The highest BCUT2D eigenvalue weighted by Gasteiger charge is 2.45. The molecule has 4 atom stereocenters. The van der Waals surface area contributed by atoms with Crippen LogP contribution in [-0.4, -0.2) is 64.4 Å². The van der Waals surface area contributed by atoms with Crippen LogP contribution < -0.4 is 5.73 Å². The summed E-state index contributed by atoms with van der Waals surface area (Å²) in [6.07, 6.45) is -5.46. The first-order valence-corrected chi connectivity index (χ1v) is 8.07. The van der Waals surface area contributed by atoms with Crippen LogP contribution in [0.15, 0.2) is 6.33 Å². The highest BCUT2D eigenvalue weighted by molar-refractivity contribution is 7.46. The van der Waals surface area contributed by atoms with Gasteiger partial charge in [0.25, 0.3) is 0 Å². The third-order valence-electron chi connectivity index (χ3n) is 3.44. The van der Waals surface area contributed by atoms with Crippen molar-refractivity contribution in [1.29, 1.82) is 0 Å². The van der Waals surface area contributed by atoms with Gasteiger partial charge in [0.05, 0.1) is 12.9 Å². The normalized spacial score (nSPS) is 27.9. The van der Waals surface area contributed by atoms with Gasteiger partial charge in [-0.05, 0) is 0 Å². The van der Waals surface area contributed by atoms with Crippen LogP contribution in [0.3, 0.4) is 0 Å². The van der Waals surface area contributed by atoms with E-state index in [0.717, 1.165) is 10.9 Å². The van der Waals surface area contributed by atoms with Crippen molar-refractivity contribution in [1.82, 2.24) is 19.5 Å². The summed E-state index contributed by atoms with van der Waals surface area (Å²) in [5.41, 5.74) is 5.52. The van der Waals surface area contributed by atoms with E-state index < -0.39 is 45.0 Å². The first-order valence-electron chi connectivity index (χ1n) is 6.54. The van der Waals surface area contributed by atoms with Crippen LogP contribution in [-0.2, 0) is 13.8 Å². The molecule has 1 aliphatic rings. The Labute approximate surface area is 132 Å². The molecule has 2 aromatic heterocycles. The Hall–Kier alpha value is -1.73. The molecule has 0 aromatic carbocycles. The lowest BCUT2D eigenvalue weighted by Gasteiger charge is -2.16. The lowest BCUT2D eigenvalue weighted by Crippen LogP contribution is -2.33. The highest BCUT2D eigenvalue weighted by Crippen LogP contribution is 2.38. The number of rotatable bonds is 4. The largest absolute Gasteiger partial charge is 0.469 e. The number of nitrogens with two attached hydrogens (primary N) is 1. The van der Waals surface area contributed by atoms with Crippen molar-refractivity contribution in [3.05, 3.63) is 12.4 Å². The molecule has 1 fully saturated rings. The fourth-order valence-electron chi connectivity index (χ4n) is 2.36. The van der Waals surface area contributed by atoms with Crippen molar-refractivity contribution in [2.45, 2.75) is 24.5 Å². The standard InChI is InChI=1S/C10H13FN5O7P/c11-10-14-7(12)4-8(15-10)16(2-13-4)9-6(18)5(17)3(23-9)1-22-24(19,20)21/h2-3,5-6,9,17-18H,1H2,(H2,12,14,15)(H2,19,20,21)/t3-,5+,6+,9-/m0/s1. The van der Waals surface area contributed by atoms with Crippen molar-refractivity contribution >= 4 is 24.8 Å². The van der Waals surface area contributed by atoms with E-state index >= 15 is 0 Å². The minimum absolute atomic E-state index is 0.0663. The third kappa shape index (κ3) is 3.10. The van der Waals surface area contributed by atoms with Crippen molar-refractivity contribution in [3.63, 3.8) is 0 Å². The Balaban J connectivity index is 1.89. The van der Waals surface area contributed by atoms with Gasteiger partial charge in [0.1, 0.15) is 18.3 Å². The molecule has 1 saturated heterocycles. The highest BCUT2D eigenvalue weighted by atomic mass is 31.2. The Bertz CT molecular complexity index is 812. The predicted molar refractivity (Wildman–Crippen MR) is 73.6 cm³/mol. The number of phosphoric acid groups is 1. The van der Waals surface area contributed by atoms with Crippen molar-refractivity contribution in [3.8, 4) is 0 Å². The molecular formula is C10H13FN5O7P. The van der Waals surface area contributed by atoms with Gasteiger partial charge in [-0.2, -0.15) is 14.4 Å². The minimum atomic E-state index is -4.78. The van der Waals surface area contributed by atoms with Gasteiger partial charge in [-0.25, -0.2) is 9.55 Å². The van der Waals surface area contributed by atoms with Gasteiger partial charge in [0.2, 0.25) is 0 Å². The van der Waals surface area contributed by atoms with Gasteiger partial charge in [-0.1, -0.05) is 0 Å². The number of halogens is 1. The molecule has 0 radical (unpaired) electrons. The van der Waals surface area contributed by atoms with Crippen molar-refractivity contribution in [2.75, 3.05) is 12.3 Å². The first kappa shape index (κ1) is 17.1. The zero-order valence-electron chi connectivity index (χ0n) is 11.8. The van der Waals surface area contributed by atoms with E-state index in [1.807, 2.05) is 0 Å². The molecule has 14 heteroatoms. The minimum Gasteiger partial charge on any atom is -0.387 e. The number of aromatic nitrogens is 4. The van der Waals surface area contributed by atoms with Gasteiger partial charge in [0, 0.05) is 0 Å². The second-order valence-electron chi connectivity index (χ2n) is 5.03. The molecule has 0 bridgehead atoms. The Morgan fingerprint density at radius 1 is 1.38 bits per heavy atom. The van der Waals surface area contributed by atoms with Crippen LogP contribution in [0.1, 0.15) is 6.23 Å². The molecule has 6 N–H and O–H groups in total. The molecule has 0 spiro atoms.